The summed E-state index contributed by atoms with van der Waals surface area (Å²) in [5, 5.41) is 1.91. The van der Waals surface area contributed by atoms with Gasteiger partial charge in [-0.3, -0.25) is 0 Å². The summed E-state index contributed by atoms with van der Waals surface area (Å²) in [4.78, 5) is 0. The zero-order valence-electron chi connectivity index (χ0n) is 10.1. The van der Waals surface area contributed by atoms with Gasteiger partial charge in [-0.25, -0.2) is 0 Å². The lowest BCUT2D eigenvalue weighted by Crippen LogP contribution is -2.00. The molecule has 0 aliphatic carbocycles. The molecule has 0 bridgehead atoms. The third kappa shape index (κ3) is 7.80. The highest BCUT2D eigenvalue weighted by atomic mass is 79.9. The van der Waals surface area contributed by atoms with E-state index >= 15 is 0 Å². The van der Waals surface area contributed by atoms with E-state index in [4.69, 9.17) is 16.3 Å². The maximum Gasteiger partial charge on any atom is 0.0506 e. The fraction of sp³-hybridized carbons (Fsp3) is 0.571. The first-order valence-corrected chi connectivity index (χ1v) is 7.71. The molecule has 0 radical (unpaired) electrons. The second-order valence-electron chi connectivity index (χ2n) is 4.09. The van der Waals surface area contributed by atoms with Crippen molar-refractivity contribution in [2.45, 2.75) is 32.1 Å². The summed E-state index contributed by atoms with van der Waals surface area (Å²) < 4.78 is 5.60. The summed E-state index contributed by atoms with van der Waals surface area (Å²) in [6, 6.07) is 7.97. The molecule has 0 heterocycles. The van der Waals surface area contributed by atoms with Crippen molar-refractivity contribution < 1.29 is 4.74 Å². The van der Waals surface area contributed by atoms with E-state index in [0.29, 0.717) is 0 Å². The van der Waals surface area contributed by atoms with Crippen LogP contribution in [0.15, 0.2) is 24.3 Å². The lowest BCUT2D eigenvalue weighted by Gasteiger charge is -2.04. The van der Waals surface area contributed by atoms with Gasteiger partial charge in [0.2, 0.25) is 0 Å². The van der Waals surface area contributed by atoms with Gasteiger partial charge in [0, 0.05) is 17.0 Å². The minimum atomic E-state index is 0.793. The van der Waals surface area contributed by atoms with Crippen molar-refractivity contribution in [3.05, 3.63) is 34.9 Å². The Bertz CT molecular complexity index is 287. The van der Waals surface area contributed by atoms with E-state index in [-0.39, 0.29) is 0 Å². The van der Waals surface area contributed by atoms with Crippen molar-refractivity contribution in [1.29, 1.82) is 0 Å². The van der Waals surface area contributed by atoms with Crippen molar-refractivity contribution >= 4 is 27.5 Å². The molecule has 0 aliphatic rings. The smallest absolute Gasteiger partial charge is 0.0506 e. The molecule has 0 aliphatic heterocycles. The molecule has 0 fully saturated rings. The molecule has 0 aromatic heterocycles. The number of ether oxygens (including phenoxy) is 1. The zero-order chi connectivity index (χ0) is 12.3. The van der Waals surface area contributed by atoms with Gasteiger partial charge in [-0.1, -0.05) is 52.5 Å². The van der Waals surface area contributed by atoms with Crippen LogP contribution in [-0.2, 0) is 11.2 Å². The van der Waals surface area contributed by atoms with Crippen molar-refractivity contribution in [2.75, 3.05) is 18.5 Å². The van der Waals surface area contributed by atoms with Gasteiger partial charge in [0.05, 0.1) is 6.61 Å². The SMILES string of the molecule is Clc1ccc(CCOCCCCCCBr)cc1. The molecule has 0 spiro atoms. The number of benzene rings is 1. The van der Waals surface area contributed by atoms with Gasteiger partial charge in [-0.2, -0.15) is 0 Å². The van der Waals surface area contributed by atoms with E-state index in [1.807, 2.05) is 12.1 Å². The van der Waals surface area contributed by atoms with Crippen LogP contribution in [0.2, 0.25) is 5.02 Å². The highest BCUT2D eigenvalue weighted by Crippen LogP contribution is 2.10. The second kappa shape index (κ2) is 9.93. The first-order chi connectivity index (χ1) is 8.33. The molecule has 0 atom stereocenters. The summed E-state index contributed by atoms with van der Waals surface area (Å²) in [7, 11) is 0. The van der Waals surface area contributed by atoms with E-state index < -0.39 is 0 Å². The molecule has 0 N–H and O–H groups in total. The lowest BCUT2D eigenvalue weighted by atomic mass is 10.2. The molecule has 1 aromatic carbocycles. The van der Waals surface area contributed by atoms with Gasteiger partial charge in [-0.15, -0.1) is 0 Å². The number of hydrogen-bond donors (Lipinski definition) is 0. The van der Waals surface area contributed by atoms with E-state index in [1.54, 1.807) is 0 Å². The van der Waals surface area contributed by atoms with Gasteiger partial charge < -0.3 is 4.74 Å². The summed E-state index contributed by atoms with van der Waals surface area (Å²) in [5.41, 5.74) is 1.29. The Hall–Kier alpha value is -0.0500. The molecular weight excluding hydrogens is 300 g/mol. The van der Waals surface area contributed by atoms with Crippen LogP contribution in [0.1, 0.15) is 31.2 Å². The minimum Gasteiger partial charge on any atom is -0.381 e. The maximum absolute atomic E-state index is 5.82. The standard InChI is InChI=1S/C14H20BrClO/c15-10-3-1-2-4-11-17-12-9-13-5-7-14(16)8-6-13/h5-8H,1-4,9-12H2. The number of rotatable bonds is 9. The van der Waals surface area contributed by atoms with Crippen LogP contribution in [-0.4, -0.2) is 18.5 Å². The lowest BCUT2D eigenvalue weighted by molar-refractivity contribution is 0.133. The Kier molecular flexibility index (Phi) is 8.76. The highest BCUT2D eigenvalue weighted by Gasteiger charge is 1.94. The fourth-order valence-corrected chi connectivity index (χ4v) is 2.12. The Labute approximate surface area is 118 Å². The fourth-order valence-electron chi connectivity index (χ4n) is 1.60. The number of hydrogen-bond acceptors (Lipinski definition) is 1. The van der Waals surface area contributed by atoms with Gasteiger partial charge in [0.1, 0.15) is 0 Å². The first-order valence-electron chi connectivity index (χ1n) is 6.21. The molecular formula is C14H20BrClO. The summed E-state index contributed by atoms with van der Waals surface area (Å²) in [6.07, 6.45) is 5.98. The molecule has 96 valence electrons. The number of halogens is 2. The van der Waals surface area contributed by atoms with Crippen LogP contribution in [0.5, 0.6) is 0 Å². The van der Waals surface area contributed by atoms with Crippen LogP contribution in [0, 0.1) is 0 Å². The summed E-state index contributed by atoms with van der Waals surface area (Å²) in [5.74, 6) is 0. The van der Waals surface area contributed by atoms with E-state index in [9.17, 15) is 0 Å². The number of alkyl halides is 1. The van der Waals surface area contributed by atoms with Crippen molar-refractivity contribution in [3.8, 4) is 0 Å². The molecule has 0 saturated heterocycles. The van der Waals surface area contributed by atoms with Gasteiger partial charge >= 0.3 is 0 Å². The van der Waals surface area contributed by atoms with E-state index in [0.717, 1.165) is 30.0 Å². The van der Waals surface area contributed by atoms with Crippen LogP contribution >= 0.6 is 27.5 Å². The normalized spacial score (nSPS) is 10.7. The highest BCUT2D eigenvalue weighted by molar-refractivity contribution is 9.09. The summed E-state index contributed by atoms with van der Waals surface area (Å²) >= 11 is 9.25. The average molecular weight is 320 g/mol. The Morgan fingerprint density at radius 2 is 1.65 bits per heavy atom. The van der Waals surface area contributed by atoms with Crippen LogP contribution < -0.4 is 0 Å². The molecule has 0 amide bonds. The maximum atomic E-state index is 5.82. The topological polar surface area (TPSA) is 9.23 Å². The monoisotopic (exact) mass is 318 g/mol. The number of unbranched alkanes of at least 4 members (excludes halogenated alkanes) is 3. The summed E-state index contributed by atoms with van der Waals surface area (Å²) in [6.45, 7) is 1.69. The zero-order valence-corrected chi connectivity index (χ0v) is 12.5. The van der Waals surface area contributed by atoms with Crippen LogP contribution in [0.3, 0.4) is 0 Å². The Morgan fingerprint density at radius 3 is 2.35 bits per heavy atom. The minimum absolute atomic E-state index is 0.793. The molecule has 1 nitrogen and oxygen atoms in total. The third-order valence-corrected chi connectivity index (χ3v) is 3.43. The Morgan fingerprint density at radius 1 is 0.941 bits per heavy atom. The third-order valence-electron chi connectivity index (χ3n) is 2.62. The van der Waals surface area contributed by atoms with Crippen LogP contribution in [0.25, 0.3) is 0 Å². The second-order valence-corrected chi connectivity index (χ2v) is 5.32. The van der Waals surface area contributed by atoms with E-state index in [1.165, 1.54) is 31.2 Å². The van der Waals surface area contributed by atoms with Gasteiger partial charge in [-0.05, 0) is 37.0 Å². The van der Waals surface area contributed by atoms with Gasteiger partial charge in [0.25, 0.3) is 0 Å². The molecule has 1 rings (SSSR count). The predicted octanol–water partition coefficient (Wildman–Crippen LogP) is 4.85. The molecule has 17 heavy (non-hydrogen) atoms. The molecule has 3 heteroatoms. The molecule has 1 aromatic rings. The molecule has 0 unspecified atom stereocenters. The quantitative estimate of drug-likeness (QED) is 0.467. The van der Waals surface area contributed by atoms with Gasteiger partial charge in [0.15, 0.2) is 0 Å². The largest absolute Gasteiger partial charge is 0.381 e. The predicted molar refractivity (Wildman–Crippen MR) is 78.2 cm³/mol. The van der Waals surface area contributed by atoms with Crippen molar-refractivity contribution in [2.24, 2.45) is 0 Å². The first kappa shape index (κ1) is 15.0. The molecule has 0 saturated carbocycles. The van der Waals surface area contributed by atoms with Crippen molar-refractivity contribution in [1.82, 2.24) is 0 Å². The Balaban J connectivity index is 1.95. The van der Waals surface area contributed by atoms with Crippen LogP contribution in [0.4, 0.5) is 0 Å². The average Bonchev–Trinajstić information content (AvgIpc) is 2.35. The van der Waals surface area contributed by atoms with Crippen molar-refractivity contribution in [3.63, 3.8) is 0 Å². The van der Waals surface area contributed by atoms with E-state index in [2.05, 4.69) is 28.1 Å².